The number of piperidine rings is 1. The molecule has 4 N–H and O–H groups in total. The molecule has 21 heteroatoms. The monoisotopic (exact) mass is 1490 g/mol. The predicted molar refractivity (Wildman–Crippen MR) is 340 cm³/mol. The molecule has 83 heavy (non-hydrogen) atoms. The SMILES string of the molecule is CO[C@H]1C[C@@H]2CC[C@@H](C)[C@@](O)(O2)C(=O)C(=O)N2CCCC[C@H]2C(=O)O[C@H]([C@H](C)C[C@@H]2CC[C@@H](OC(=O)c3c(I)c(NC(C)=O)c(I)c(NC(C)=O)c3I)[C@H](OC)C2)CC(=O)[C@H](C)/C=C(\C)[C@@H](O)[C@@H](C)C(=O)[C@H](C)C[C@H](C)/C=C/C=C/C=C/1C. The summed E-state index contributed by atoms with van der Waals surface area (Å²) in [7, 11) is 3.10. The molecule has 0 radical (unpaired) electrons. The van der Waals surface area contributed by atoms with Crippen LogP contribution in [0.2, 0.25) is 0 Å². The highest BCUT2D eigenvalue weighted by Gasteiger charge is 2.53. The number of aliphatic hydroxyl groups excluding tert-OH is 1. The van der Waals surface area contributed by atoms with E-state index in [2.05, 4.69) is 10.6 Å². The summed E-state index contributed by atoms with van der Waals surface area (Å²) >= 11 is 6.00. The number of nitrogens with one attached hydrogen (secondary N) is 2. The number of carbonyl (C=O) groups excluding carboxylic acids is 8. The van der Waals surface area contributed by atoms with E-state index in [1.54, 1.807) is 40.9 Å². The maximum absolute atomic E-state index is 14.7. The van der Waals surface area contributed by atoms with E-state index in [1.807, 2.05) is 126 Å². The summed E-state index contributed by atoms with van der Waals surface area (Å²) in [4.78, 5) is 112. The Morgan fingerprint density at radius 1 is 0.807 bits per heavy atom. The number of hydrogen-bond acceptors (Lipinski definition) is 15. The van der Waals surface area contributed by atoms with Crippen molar-refractivity contribution < 1.29 is 72.3 Å². The van der Waals surface area contributed by atoms with E-state index in [0.29, 0.717) is 91.9 Å². The minimum atomic E-state index is -2.48. The number of aliphatic hydroxyl groups is 2. The second-order valence-corrected chi connectivity index (χ2v) is 26.8. The number of amides is 3. The van der Waals surface area contributed by atoms with Gasteiger partial charge in [0, 0.05) is 71.1 Å². The molecule has 1 aromatic carbocycles. The lowest BCUT2D eigenvalue weighted by Gasteiger charge is -2.42. The first-order chi connectivity index (χ1) is 39.0. The zero-order valence-electron chi connectivity index (χ0n) is 50.0. The van der Waals surface area contributed by atoms with E-state index in [9.17, 15) is 48.6 Å². The van der Waals surface area contributed by atoms with Crippen LogP contribution in [0.15, 0.2) is 47.6 Å². The van der Waals surface area contributed by atoms with Gasteiger partial charge in [0.1, 0.15) is 29.8 Å². The molecular formula is C62H86I3N3O15. The summed E-state index contributed by atoms with van der Waals surface area (Å²) in [5, 5.41) is 29.2. The Morgan fingerprint density at radius 2 is 1.46 bits per heavy atom. The summed E-state index contributed by atoms with van der Waals surface area (Å²) in [6.45, 7) is 17.1. The quantitative estimate of drug-likeness (QED) is 0.0777. The second kappa shape index (κ2) is 32.0. The number of cyclic esters (lactones) is 1. The second-order valence-electron chi connectivity index (χ2n) is 23.5. The number of Topliss-reactive ketones (excluding diaryl/α,β-unsaturated/α-hetero) is 3. The number of esters is 2. The number of rotatable bonds is 9. The van der Waals surface area contributed by atoms with Gasteiger partial charge in [0.15, 0.2) is 0 Å². The van der Waals surface area contributed by atoms with Crippen molar-refractivity contribution in [2.24, 2.45) is 41.4 Å². The zero-order valence-corrected chi connectivity index (χ0v) is 56.5. The van der Waals surface area contributed by atoms with Crippen LogP contribution in [0, 0.1) is 52.1 Å². The van der Waals surface area contributed by atoms with Crippen molar-refractivity contribution in [2.45, 2.75) is 195 Å². The molecule has 5 rings (SSSR count). The average molecular weight is 1490 g/mol. The Kier molecular flexibility index (Phi) is 27.1. The van der Waals surface area contributed by atoms with E-state index in [1.165, 1.54) is 25.9 Å². The molecule has 3 heterocycles. The normalized spacial score (nSPS) is 34.0. The average Bonchev–Trinajstić information content (AvgIpc) is 2.67. The number of ether oxygens (including phenoxy) is 5. The van der Waals surface area contributed by atoms with E-state index in [-0.39, 0.29) is 66.1 Å². The molecule has 4 aliphatic rings. The highest BCUT2D eigenvalue weighted by Crippen LogP contribution is 2.42. The summed E-state index contributed by atoms with van der Waals surface area (Å²) in [6.07, 6.45) is 11.2. The van der Waals surface area contributed by atoms with Gasteiger partial charge < -0.3 is 49.4 Å². The number of nitrogens with zero attached hydrogens (tertiary/aromatic N) is 1. The summed E-state index contributed by atoms with van der Waals surface area (Å²) < 4.78 is 32.0. The molecule has 2 saturated heterocycles. The summed E-state index contributed by atoms with van der Waals surface area (Å²) in [6, 6.07) is -1.21. The van der Waals surface area contributed by atoms with Gasteiger partial charge in [-0.1, -0.05) is 78.0 Å². The lowest BCUT2D eigenvalue weighted by molar-refractivity contribution is -0.265. The molecule has 1 saturated carbocycles. The number of ketones is 3. The van der Waals surface area contributed by atoms with Gasteiger partial charge in [-0.3, -0.25) is 28.8 Å². The topological polar surface area (TPSA) is 250 Å². The Bertz CT molecular complexity index is 2650. The van der Waals surface area contributed by atoms with Crippen molar-refractivity contribution in [1.29, 1.82) is 0 Å². The number of allylic oxidation sites excluding steroid dienone is 6. The van der Waals surface area contributed by atoms with Crippen LogP contribution in [-0.2, 0) is 57.2 Å². The lowest BCUT2D eigenvalue weighted by atomic mass is 9.78. The van der Waals surface area contributed by atoms with Gasteiger partial charge in [0.2, 0.25) is 17.6 Å². The first kappa shape index (κ1) is 70.3. The Hall–Kier alpha value is -3.47. The predicted octanol–water partition coefficient (Wildman–Crippen LogP) is 10.4. The lowest BCUT2D eigenvalue weighted by Crippen LogP contribution is -2.61. The van der Waals surface area contributed by atoms with Crippen LogP contribution < -0.4 is 10.6 Å². The van der Waals surface area contributed by atoms with Gasteiger partial charge in [-0.2, -0.15) is 0 Å². The molecule has 3 aliphatic heterocycles. The fraction of sp³-hybridized carbons (Fsp3) is 0.645. The van der Waals surface area contributed by atoms with Crippen LogP contribution in [0.3, 0.4) is 0 Å². The summed E-state index contributed by atoms with van der Waals surface area (Å²) in [5.74, 6) is -10.5. The Labute approximate surface area is 530 Å². The van der Waals surface area contributed by atoms with Crippen molar-refractivity contribution in [2.75, 3.05) is 31.4 Å². The first-order valence-electron chi connectivity index (χ1n) is 29.0. The van der Waals surface area contributed by atoms with Crippen LogP contribution in [-0.4, -0.2) is 131 Å². The summed E-state index contributed by atoms with van der Waals surface area (Å²) in [5.41, 5.74) is 2.21. The van der Waals surface area contributed by atoms with Crippen molar-refractivity contribution in [3.05, 3.63) is 63.9 Å². The molecule has 3 amide bonds. The van der Waals surface area contributed by atoms with E-state index >= 15 is 0 Å². The van der Waals surface area contributed by atoms with Gasteiger partial charge in [-0.25, -0.2) is 9.59 Å². The third-order valence-electron chi connectivity index (χ3n) is 16.9. The van der Waals surface area contributed by atoms with Crippen molar-refractivity contribution in [3.8, 4) is 0 Å². The van der Waals surface area contributed by atoms with Gasteiger partial charge in [0.05, 0.1) is 52.1 Å². The maximum Gasteiger partial charge on any atom is 0.340 e. The smallest absolute Gasteiger partial charge is 0.340 e. The van der Waals surface area contributed by atoms with Gasteiger partial charge >= 0.3 is 11.9 Å². The number of anilines is 2. The number of fused-ring (bicyclic) bond motifs is 3. The zero-order chi connectivity index (χ0) is 61.8. The molecule has 2 bridgehead atoms. The fourth-order valence-corrected chi connectivity index (χ4v) is 16.1. The minimum absolute atomic E-state index is 0.0358. The largest absolute Gasteiger partial charge is 0.460 e. The van der Waals surface area contributed by atoms with Crippen LogP contribution in [0.5, 0.6) is 0 Å². The fourth-order valence-electron chi connectivity index (χ4n) is 11.9. The standard InChI is InChI=1S/C62H86I3N3O15/c1-32-18-14-13-15-19-33(2)47(79-11)30-43-23-21-38(7)62(78,83-43)58(74)59(75)68-25-17-16-20-44(68)60(76)82-48(31-45(71)34(3)27-37(6)57(73)39(8)56(72)36(5)26-32)35(4)28-42-22-24-46(49(29-42)80-12)81-61(77)50-51(63)54(66-40(9)69)53(65)55(52(50)64)67-41(10)70/h13-15,18-19,27,32,34-36,38-39,42-44,46-49,57,73,78H,16-17,20-26,28-31H2,1-12H3,(H,66,69)(H,67,70)/b15-13+,18-14+,33-19+,37-27+/t32-,34-,35-,36-,38-,39+,42+,43+,44+,46-,47+,48+,49-,57-,62-/m1/s1. The molecule has 0 aromatic heterocycles. The van der Waals surface area contributed by atoms with E-state index < -0.39 is 95.8 Å². The van der Waals surface area contributed by atoms with E-state index in [4.69, 9.17) is 23.7 Å². The van der Waals surface area contributed by atoms with Crippen molar-refractivity contribution in [1.82, 2.24) is 4.90 Å². The van der Waals surface area contributed by atoms with Gasteiger partial charge in [-0.05, 0) is 175 Å². The van der Waals surface area contributed by atoms with E-state index in [0.717, 1.165) is 5.57 Å². The van der Waals surface area contributed by atoms with Gasteiger partial charge in [-0.15, -0.1) is 0 Å². The molecule has 460 valence electrons. The maximum atomic E-state index is 14.7. The first-order valence-corrected chi connectivity index (χ1v) is 32.2. The number of hydrogen-bond donors (Lipinski definition) is 4. The van der Waals surface area contributed by atoms with Crippen LogP contribution in [0.1, 0.15) is 157 Å². The number of carbonyl (C=O) groups is 8. The minimum Gasteiger partial charge on any atom is -0.460 e. The molecule has 15 atom stereocenters. The molecule has 1 aliphatic carbocycles. The molecular weight excluding hydrogens is 1410 g/mol. The third-order valence-corrected chi connectivity index (χ3v) is 20.2. The number of methoxy groups -OCH3 is 2. The molecule has 0 unspecified atom stereocenters. The number of benzene rings is 1. The van der Waals surface area contributed by atoms with Crippen LogP contribution in [0.25, 0.3) is 0 Å². The highest BCUT2D eigenvalue weighted by atomic mass is 127. The van der Waals surface area contributed by atoms with Gasteiger partial charge in [0.25, 0.3) is 11.7 Å². The molecule has 0 spiro atoms. The van der Waals surface area contributed by atoms with Crippen molar-refractivity contribution >= 4 is 126 Å². The van der Waals surface area contributed by atoms with Crippen LogP contribution in [0.4, 0.5) is 11.4 Å². The Balaban J connectivity index is 1.45. The third kappa shape index (κ3) is 18.3. The number of halogens is 3. The van der Waals surface area contributed by atoms with Crippen LogP contribution >= 0.6 is 67.8 Å². The molecule has 1 aromatic rings. The molecule has 3 fully saturated rings. The van der Waals surface area contributed by atoms with Crippen molar-refractivity contribution in [3.63, 3.8) is 0 Å². The molecule has 18 nitrogen and oxygen atoms in total. The Morgan fingerprint density at radius 3 is 2.07 bits per heavy atom. The highest BCUT2D eigenvalue weighted by molar-refractivity contribution is 14.1.